The number of carbonyl (C=O) groups is 1. The molecule has 0 aliphatic carbocycles. The number of nitrogens with one attached hydrogen (secondary N) is 3. The molecule has 6 nitrogen and oxygen atoms in total. The zero-order chi connectivity index (χ0) is 12.4. The number of amides is 1. The molecular formula is C12H14N4O2. The van der Waals surface area contributed by atoms with Crippen molar-refractivity contribution in [3.63, 3.8) is 0 Å². The lowest BCUT2D eigenvalue weighted by atomic mass is 10.2. The average Bonchev–Trinajstić information content (AvgIpc) is 2.87. The van der Waals surface area contributed by atoms with E-state index < -0.39 is 6.10 Å². The smallest absolute Gasteiger partial charge is 0.254 e. The van der Waals surface area contributed by atoms with Gasteiger partial charge < -0.3 is 15.4 Å². The monoisotopic (exact) mass is 246 g/mol. The number of aromatic amines is 1. The number of H-pyrrole nitrogens is 1. The molecule has 0 radical (unpaired) electrons. The Hall–Kier alpha value is -1.92. The Bertz CT molecular complexity index is 560. The molecule has 1 aromatic carbocycles. The van der Waals surface area contributed by atoms with E-state index in [2.05, 4.69) is 20.8 Å². The zero-order valence-electron chi connectivity index (χ0n) is 9.77. The Balaban J connectivity index is 1.72. The van der Waals surface area contributed by atoms with Crippen molar-refractivity contribution in [2.24, 2.45) is 0 Å². The SMILES string of the molecule is O=C(Nc1ccc2[nH]ncc2c1)C1CNCCO1. The van der Waals surface area contributed by atoms with Gasteiger partial charge in [-0.25, -0.2) is 0 Å². The third-order valence-electron chi connectivity index (χ3n) is 2.93. The molecule has 3 N–H and O–H groups in total. The van der Waals surface area contributed by atoms with Crippen LogP contribution in [0.2, 0.25) is 0 Å². The second-order valence-electron chi connectivity index (χ2n) is 4.22. The van der Waals surface area contributed by atoms with Gasteiger partial charge in [-0.1, -0.05) is 0 Å². The maximum atomic E-state index is 11.9. The van der Waals surface area contributed by atoms with E-state index in [0.29, 0.717) is 13.2 Å². The van der Waals surface area contributed by atoms with Gasteiger partial charge in [0, 0.05) is 24.2 Å². The summed E-state index contributed by atoms with van der Waals surface area (Å²) < 4.78 is 5.39. The van der Waals surface area contributed by atoms with Gasteiger partial charge in [0.2, 0.25) is 0 Å². The molecular weight excluding hydrogens is 232 g/mol. The van der Waals surface area contributed by atoms with E-state index in [1.807, 2.05) is 18.2 Å². The van der Waals surface area contributed by atoms with Crippen LogP contribution in [0.15, 0.2) is 24.4 Å². The number of aromatic nitrogens is 2. The number of carbonyl (C=O) groups excluding carboxylic acids is 1. The summed E-state index contributed by atoms with van der Waals surface area (Å²) in [4.78, 5) is 11.9. The second-order valence-corrected chi connectivity index (χ2v) is 4.22. The highest BCUT2D eigenvalue weighted by Crippen LogP contribution is 2.17. The van der Waals surface area contributed by atoms with E-state index in [9.17, 15) is 4.79 Å². The lowest BCUT2D eigenvalue weighted by Gasteiger charge is -2.22. The third-order valence-corrected chi connectivity index (χ3v) is 2.93. The van der Waals surface area contributed by atoms with E-state index in [1.54, 1.807) is 6.20 Å². The molecule has 2 heterocycles. The fraction of sp³-hybridized carbons (Fsp3) is 0.333. The summed E-state index contributed by atoms with van der Waals surface area (Å²) in [7, 11) is 0. The lowest BCUT2D eigenvalue weighted by molar-refractivity contribution is -0.128. The minimum atomic E-state index is -0.418. The molecule has 1 saturated heterocycles. The van der Waals surface area contributed by atoms with Crippen LogP contribution in [0, 0.1) is 0 Å². The Morgan fingerprint density at radius 2 is 2.44 bits per heavy atom. The minimum Gasteiger partial charge on any atom is -0.366 e. The molecule has 6 heteroatoms. The largest absolute Gasteiger partial charge is 0.366 e. The summed E-state index contributed by atoms with van der Waals surface area (Å²) in [6.45, 7) is 1.92. The van der Waals surface area contributed by atoms with E-state index in [0.717, 1.165) is 23.1 Å². The maximum absolute atomic E-state index is 11.9. The van der Waals surface area contributed by atoms with Crippen molar-refractivity contribution in [2.45, 2.75) is 6.10 Å². The van der Waals surface area contributed by atoms with Crippen LogP contribution in [0.3, 0.4) is 0 Å². The van der Waals surface area contributed by atoms with Gasteiger partial charge in [0.15, 0.2) is 0 Å². The molecule has 0 bridgehead atoms. The van der Waals surface area contributed by atoms with Crippen molar-refractivity contribution in [3.05, 3.63) is 24.4 Å². The Labute approximate surface area is 104 Å². The summed E-state index contributed by atoms with van der Waals surface area (Å²) in [5.41, 5.74) is 1.70. The normalized spacial score (nSPS) is 19.9. The molecule has 1 aromatic heterocycles. The van der Waals surface area contributed by atoms with Crippen molar-refractivity contribution in [2.75, 3.05) is 25.0 Å². The van der Waals surface area contributed by atoms with Crippen LogP contribution in [0.25, 0.3) is 10.9 Å². The van der Waals surface area contributed by atoms with Crippen molar-refractivity contribution < 1.29 is 9.53 Å². The fourth-order valence-electron chi connectivity index (χ4n) is 1.98. The molecule has 1 unspecified atom stereocenters. The first-order chi connectivity index (χ1) is 8.83. The molecule has 94 valence electrons. The number of morpholine rings is 1. The zero-order valence-corrected chi connectivity index (χ0v) is 9.77. The number of rotatable bonds is 2. The molecule has 18 heavy (non-hydrogen) atoms. The van der Waals surface area contributed by atoms with Crippen molar-refractivity contribution in [3.8, 4) is 0 Å². The molecule has 0 spiro atoms. The quantitative estimate of drug-likeness (QED) is 0.720. The van der Waals surface area contributed by atoms with Crippen LogP contribution >= 0.6 is 0 Å². The Morgan fingerprint density at radius 3 is 3.28 bits per heavy atom. The third kappa shape index (κ3) is 2.20. The molecule has 1 amide bonds. The molecule has 2 aromatic rings. The van der Waals surface area contributed by atoms with E-state index in [-0.39, 0.29) is 5.91 Å². The predicted molar refractivity (Wildman–Crippen MR) is 67.3 cm³/mol. The first kappa shape index (κ1) is 11.2. The molecule has 3 rings (SSSR count). The number of fused-ring (bicyclic) bond motifs is 1. The molecule has 1 aliphatic rings. The average molecular weight is 246 g/mol. The summed E-state index contributed by atoms with van der Waals surface area (Å²) >= 11 is 0. The second kappa shape index (κ2) is 4.75. The number of hydrogen-bond donors (Lipinski definition) is 3. The topological polar surface area (TPSA) is 79.0 Å². The van der Waals surface area contributed by atoms with Crippen LogP contribution in [-0.2, 0) is 9.53 Å². The summed E-state index contributed by atoms with van der Waals surface area (Å²) in [5.74, 6) is -0.120. The van der Waals surface area contributed by atoms with Crippen LogP contribution in [0.5, 0.6) is 0 Å². The molecule has 1 aliphatic heterocycles. The number of anilines is 1. The first-order valence-corrected chi connectivity index (χ1v) is 5.89. The number of benzene rings is 1. The highest BCUT2D eigenvalue weighted by atomic mass is 16.5. The van der Waals surface area contributed by atoms with E-state index in [1.165, 1.54) is 0 Å². The van der Waals surface area contributed by atoms with Gasteiger partial charge in [0.05, 0.1) is 18.3 Å². The first-order valence-electron chi connectivity index (χ1n) is 5.89. The van der Waals surface area contributed by atoms with Gasteiger partial charge in [0.1, 0.15) is 6.10 Å². The van der Waals surface area contributed by atoms with Gasteiger partial charge in [-0.3, -0.25) is 9.89 Å². The van der Waals surface area contributed by atoms with Gasteiger partial charge in [-0.05, 0) is 18.2 Å². The Morgan fingerprint density at radius 1 is 1.50 bits per heavy atom. The van der Waals surface area contributed by atoms with Crippen LogP contribution < -0.4 is 10.6 Å². The summed E-state index contributed by atoms with van der Waals surface area (Å²) in [6, 6.07) is 5.61. The van der Waals surface area contributed by atoms with Gasteiger partial charge in [0.25, 0.3) is 5.91 Å². The Kier molecular flexibility index (Phi) is 2.95. The lowest BCUT2D eigenvalue weighted by Crippen LogP contribution is -2.45. The summed E-state index contributed by atoms with van der Waals surface area (Å²) in [6.07, 6.45) is 1.31. The predicted octanol–water partition coefficient (Wildman–Crippen LogP) is 0.490. The number of nitrogens with zero attached hydrogens (tertiary/aromatic N) is 1. The standard InChI is InChI=1S/C12H14N4O2/c17-12(11-7-13-3-4-18-11)15-9-1-2-10-8(5-9)6-14-16-10/h1-2,5-6,11,13H,3-4,7H2,(H,14,16)(H,15,17). The summed E-state index contributed by atoms with van der Waals surface area (Å²) in [5, 5.41) is 13.7. The maximum Gasteiger partial charge on any atom is 0.254 e. The van der Waals surface area contributed by atoms with Gasteiger partial charge in [-0.15, -0.1) is 0 Å². The van der Waals surface area contributed by atoms with Crippen molar-refractivity contribution in [1.29, 1.82) is 0 Å². The van der Waals surface area contributed by atoms with E-state index >= 15 is 0 Å². The highest BCUT2D eigenvalue weighted by Gasteiger charge is 2.21. The number of hydrogen-bond acceptors (Lipinski definition) is 4. The van der Waals surface area contributed by atoms with Crippen molar-refractivity contribution in [1.82, 2.24) is 15.5 Å². The van der Waals surface area contributed by atoms with E-state index in [4.69, 9.17) is 4.74 Å². The van der Waals surface area contributed by atoms with Crippen LogP contribution in [0.4, 0.5) is 5.69 Å². The van der Waals surface area contributed by atoms with Crippen LogP contribution in [-0.4, -0.2) is 41.9 Å². The molecule has 0 saturated carbocycles. The molecule has 1 atom stereocenters. The van der Waals surface area contributed by atoms with Gasteiger partial charge >= 0.3 is 0 Å². The van der Waals surface area contributed by atoms with Crippen LogP contribution in [0.1, 0.15) is 0 Å². The number of ether oxygens (including phenoxy) is 1. The fourth-order valence-corrected chi connectivity index (χ4v) is 1.98. The molecule has 1 fully saturated rings. The van der Waals surface area contributed by atoms with Crippen molar-refractivity contribution >= 4 is 22.5 Å². The minimum absolute atomic E-state index is 0.120. The van der Waals surface area contributed by atoms with Gasteiger partial charge in [-0.2, -0.15) is 5.10 Å². The highest BCUT2D eigenvalue weighted by molar-refractivity contribution is 5.96.